The summed E-state index contributed by atoms with van der Waals surface area (Å²) in [5, 5.41) is 41.4. The lowest BCUT2D eigenvalue weighted by molar-refractivity contribution is -0.930. The molecule has 1 unspecified atom stereocenters. The van der Waals surface area contributed by atoms with E-state index in [-0.39, 0.29) is 38.6 Å². The molecule has 324 valence electrons. The highest BCUT2D eigenvalue weighted by Gasteiger charge is 2.56. The monoisotopic (exact) mass is 892 g/mol. The number of nitrogens with one attached hydrogen (secondary N) is 1. The molecule has 7 rings (SSSR count). The number of aromatic nitrogens is 1. The number of fused-ring (bicyclic) bond motifs is 3. The van der Waals surface area contributed by atoms with Gasteiger partial charge in [0.1, 0.15) is 29.4 Å². The van der Waals surface area contributed by atoms with Crippen molar-refractivity contribution in [1.29, 1.82) is 0 Å². The first-order valence-corrected chi connectivity index (χ1v) is 19.8. The number of quaternary nitrogens is 1. The first-order chi connectivity index (χ1) is 28.4. The molecule has 2 fully saturated rings. The van der Waals surface area contributed by atoms with Crippen LogP contribution in [0.15, 0.2) is 45.6 Å². The standard InChI is InChI=1S/C23H26N6O7S2.C7H6ClNO3.C2H4O2.C2H6.2C2H2/c1-29(4-3-11-5-13(29)6-11)7-12-9-37-21-17(20(33)28(21)18(12)22(34)35-2)26-19(32)16(27-36-8-15(30)31)14-10-38-23(24)25-14;8-5-3(7(9)12)1-2-4(10)6(5)11;1-2(3)4;3*1-2/h3,10,13,17,21H,4-9H2,1-2H3,(H3-,24,25,26,30,31,32);1-2,10-11H,(H2,9,12);1H3,(H,3,4);1-2H3;2*1-2H/p+1/b27-16-;;;;;/t17-,21-,29?;;;;;/m1...../s1. The number of phenols is 2. The molecule has 1 saturated heterocycles. The fourth-order valence-corrected chi connectivity index (χ4v) is 8.00. The van der Waals surface area contributed by atoms with Crippen LogP contribution in [0.1, 0.15) is 49.7 Å². The molecule has 1 saturated carbocycles. The average Bonchev–Trinajstić information content (AvgIpc) is 3.64. The van der Waals surface area contributed by atoms with Gasteiger partial charge >= 0.3 is 11.9 Å². The number of carbonyl (C=O) groups excluding carboxylic acids is 4. The summed E-state index contributed by atoms with van der Waals surface area (Å²) in [7, 11) is 3.46. The van der Waals surface area contributed by atoms with Crippen LogP contribution in [0, 0.1) is 25.7 Å². The predicted molar refractivity (Wildman–Crippen MR) is 225 cm³/mol. The first-order valence-electron chi connectivity index (χ1n) is 17.5. The van der Waals surface area contributed by atoms with Gasteiger partial charge in [-0.25, -0.2) is 14.6 Å². The number of carbonyl (C=O) groups is 6. The molecule has 5 aliphatic rings. The number of hydrogen-bond donors (Lipinski definition) is 7. The Kier molecular flexibility index (Phi) is 20.7. The number of β-lactam (4-membered cyclic amide) rings is 1. The number of aliphatic carboxylic acids is 2. The van der Waals surface area contributed by atoms with Crippen LogP contribution in [0.3, 0.4) is 0 Å². The molecule has 3 atom stereocenters. The third-order valence-electron chi connectivity index (χ3n) is 8.62. The number of rotatable bonds is 10. The van der Waals surface area contributed by atoms with E-state index in [4.69, 9.17) is 57.9 Å². The average molecular weight is 893 g/mol. The molecule has 3 amide bonds. The summed E-state index contributed by atoms with van der Waals surface area (Å²) in [6, 6.07) is 1.94. The third-order valence-corrected chi connectivity index (χ3v) is 11.0. The molecule has 5 heterocycles. The maximum Gasteiger partial charge on any atom is 0.355 e. The van der Waals surface area contributed by atoms with Crippen molar-refractivity contribution >= 4 is 81.2 Å². The summed E-state index contributed by atoms with van der Waals surface area (Å²) in [6.45, 7) is 5.82. The van der Waals surface area contributed by atoms with Crippen LogP contribution >= 0.6 is 34.7 Å². The number of anilines is 1. The summed E-state index contributed by atoms with van der Waals surface area (Å²) in [4.78, 5) is 79.8. The van der Waals surface area contributed by atoms with Crippen LogP contribution in [-0.4, -0.2) is 133 Å². The van der Waals surface area contributed by atoms with Crippen molar-refractivity contribution < 1.29 is 63.3 Å². The lowest BCUT2D eigenvalue weighted by atomic mass is 9.79. The van der Waals surface area contributed by atoms with Crippen LogP contribution < -0.4 is 16.8 Å². The van der Waals surface area contributed by atoms with Crippen LogP contribution in [0.25, 0.3) is 0 Å². The van der Waals surface area contributed by atoms with Crippen molar-refractivity contribution in [2.45, 2.75) is 51.1 Å². The molecule has 9 N–H and O–H groups in total. The number of halogens is 1. The zero-order valence-electron chi connectivity index (χ0n) is 33.3. The van der Waals surface area contributed by atoms with E-state index in [1.165, 1.54) is 40.8 Å². The molecule has 22 heteroatoms. The highest BCUT2D eigenvalue weighted by atomic mass is 35.5. The lowest BCUT2D eigenvalue weighted by Gasteiger charge is -2.53. The summed E-state index contributed by atoms with van der Waals surface area (Å²) in [5.41, 5.74) is 12.9. The largest absolute Gasteiger partial charge is 0.504 e. The molecule has 4 aliphatic heterocycles. The summed E-state index contributed by atoms with van der Waals surface area (Å²) < 4.78 is 5.83. The van der Waals surface area contributed by atoms with E-state index in [1.54, 1.807) is 0 Å². The van der Waals surface area contributed by atoms with Gasteiger partial charge in [-0.2, -0.15) is 0 Å². The maximum absolute atomic E-state index is 13.3. The normalized spacial score (nSPS) is 20.3. The SMILES string of the molecule is C#C.C#C.CC.CC(=O)O.COC(=O)C1=C(C[N+]2(C)CC=C3CC2C3)CS[C@@H]2[C@H](NC(=O)/C(=N\OCC(=O)O)c3csc(N)n3)C(=O)N12.NC(=O)c1ccc(O)c(O)c1Cl. The molecule has 1 aliphatic carbocycles. The molecule has 0 radical (unpaired) electrons. The smallest absolute Gasteiger partial charge is 0.355 e. The molecule has 2 aromatic rings. The fraction of sp³-hybridized carbons (Fsp3) is 0.368. The number of nitrogens with two attached hydrogens (primary N) is 2. The number of esters is 1. The number of hydrogen-bond acceptors (Lipinski definition) is 15. The van der Waals surface area contributed by atoms with E-state index in [1.807, 2.05) is 13.8 Å². The minimum absolute atomic E-state index is 0.0213. The van der Waals surface area contributed by atoms with Crippen molar-refractivity contribution in [2.75, 3.05) is 45.3 Å². The van der Waals surface area contributed by atoms with Gasteiger partial charge in [0.05, 0.1) is 37.3 Å². The zero-order chi connectivity index (χ0) is 46.1. The Hall–Kier alpha value is -6.26. The van der Waals surface area contributed by atoms with Crippen molar-refractivity contribution in [3.8, 4) is 37.2 Å². The Bertz CT molecular complexity index is 2050. The molecule has 0 spiro atoms. The number of ether oxygens (including phenoxy) is 1. The fourth-order valence-electron chi connectivity index (χ4n) is 5.87. The second-order valence-electron chi connectivity index (χ2n) is 12.4. The number of benzene rings is 1. The van der Waals surface area contributed by atoms with Gasteiger partial charge in [0.15, 0.2) is 22.3 Å². The third kappa shape index (κ3) is 12.9. The van der Waals surface area contributed by atoms with Gasteiger partial charge in [-0.15, -0.1) is 48.8 Å². The molecule has 1 aromatic carbocycles. The first kappa shape index (κ1) is 51.8. The number of primary amides is 1. The van der Waals surface area contributed by atoms with E-state index >= 15 is 0 Å². The molecule has 60 heavy (non-hydrogen) atoms. The highest BCUT2D eigenvalue weighted by Crippen LogP contribution is 2.44. The number of nitrogen functional groups attached to an aromatic ring is 1. The van der Waals surface area contributed by atoms with E-state index in [0.29, 0.717) is 18.3 Å². The van der Waals surface area contributed by atoms with E-state index in [2.05, 4.69) is 54.3 Å². The number of thiazole rings is 1. The van der Waals surface area contributed by atoms with Gasteiger partial charge in [0, 0.05) is 36.5 Å². The number of methoxy groups -OCH3 is 1. The Balaban J connectivity index is 0.000000679. The van der Waals surface area contributed by atoms with Gasteiger partial charge in [-0.1, -0.05) is 36.2 Å². The van der Waals surface area contributed by atoms with Gasteiger partial charge in [0.2, 0.25) is 12.5 Å². The second-order valence-corrected chi connectivity index (χ2v) is 14.8. The molecule has 1 aromatic heterocycles. The Morgan fingerprint density at radius 1 is 1.12 bits per heavy atom. The molecular weight excluding hydrogens is 846 g/mol. The topological polar surface area (TPSA) is 294 Å². The number of carboxylic acids is 2. The van der Waals surface area contributed by atoms with Crippen LogP contribution in [0.5, 0.6) is 11.5 Å². The minimum Gasteiger partial charge on any atom is -0.504 e. The highest BCUT2D eigenvalue weighted by molar-refractivity contribution is 8.00. The molecule has 19 nitrogen and oxygen atoms in total. The van der Waals surface area contributed by atoms with Crippen LogP contribution in [0.2, 0.25) is 5.02 Å². The summed E-state index contributed by atoms with van der Waals surface area (Å²) >= 11 is 8.00. The van der Waals surface area contributed by atoms with Crippen molar-refractivity contribution in [3.05, 3.63) is 56.7 Å². The predicted octanol–water partition coefficient (Wildman–Crippen LogP) is 2.37. The van der Waals surface area contributed by atoms with Crippen molar-refractivity contribution in [1.82, 2.24) is 15.2 Å². The number of amides is 3. The minimum atomic E-state index is -1.28. The number of likely N-dealkylation sites (N-methyl/N-ethyl adjacent to an activating group) is 1. The van der Waals surface area contributed by atoms with E-state index < -0.39 is 59.4 Å². The number of oxime groups is 1. The van der Waals surface area contributed by atoms with Gasteiger partial charge < -0.3 is 51.3 Å². The number of nitrogens with zero attached hydrogens (tertiary/aromatic N) is 4. The lowest BCUT2D eigenvalue weighted by Crippen LogP contribution is -2.71. The molecular formula is C38H47ClN7O12S2+. The van der Waals surface area contributed by atoms with Gasteiger partial charge in [-0.3, -0.25) is 24.1 Å². The number of thioether (sulfide) groups is 1. The van der Waals surface area contributed by atoms with E-state index in [0.717, 1.165) is 53.8 Å². The van der Waals surface area contributed by atoms with Gasteiger partial charge in [-0.05, 0) is 18.2 Å². The number of phenolic OH excluding ortho intramolecular Hbond substituents is 2. The Morgan fingerprint density at radius 2 is 1.72 bits per heavy atom. The van der Waals surface area contributed by atoms with Gasteiger partial charge in [0.25, 0.3) is 17.8 Å². The number of aromatic hydroxyl groups is 2. The summed E-state index contributed by atoms with van der Waals surface area (Å²) in [5.74, 6) is -5.10. The zero-order valence-corrected chi connectivity index (χ0v) is 35.7. The molecule has 2 bridgehead atoms. The second kappa shape index (κ2) is 24.0. The number of terminal acetylenes is 2. The summed E-state index contributed by atoms with van der Waals surface area (Å²) in [6.07, 6.45) is 20.4. The Labute approximate surface area is 359 Å². The number of carboxylic acid groups (broad SMARTS) is 2. The van der Waals surface area contributed by atoms with Crippen LogP contribution in [0.4, 0.5) is 5.13 Å². The Morgan fingerprint density at radius 3 is 2.20 bits per heavy atom. The van der Waals surface area contributed by atoms with Crippen molar-refractivity contribution in [3.63, 3.8) is 0 Å². The quantitative estimate of drug-likeness (QED) is 0.0263. The van der Waals surface area contributed by atoms with E-state index in [9.17, 15) is 24.0 Å². The van der Waals surface area contributed by atoms with Crippen LogP contribution in [-0.2, 0) is 33.5 Å². The van der Waals surface area contributed by atoms with Crippen molar-refractivity contribution in [2.24, 2.45) is 10.9 Å². The maximum atomic E-state index is 13.3.